The smallest absolute Gasteiger partial charge is 0.205 e. The number of thiocarbonyl (C=S) groups is 2. The first kappa shape index (κ1) is 14.3. The van der Waals surface area contributed by atoms with Crippen molar-refractivity contribution in [3.8, 4) is 0 Å². The van der Waals surface area contributed by atoms with Crippen LogP contribution in [0.3, 0.4) is 0 Å². The number of aromatic nitrogens is 1. The number of rotatable bonds is 2. The van der Waals surface area contributed by atoms with Gasteiger partial charge in [0.2, 0.25) is 5.11 Å². The third-order valence-corrected chi connectivity index (χ3v) is 2.38. The Morgan fingerprint density at radius 1 is 1.22 bits per heavy atom. The minimum Gasteiger partial charge on any atom is -0.364 e. The molecule has 1 rings (SSSR count). The van der Waals surface area contributed by atoms with Crippen LogP contribution in [-0.2, 0) is 0 Å². The summed E-state index contributed by atoms with van der Waals surface area (Å²) in [6.45, 7) is 1.84. The molecule has 0 saturated carbocycles. The highest BCUT2D eigenvalue weighted by atomic mass is 32.1. The van der Waals surface area contributed by atoms with Gasteiger partial charge < -0.3 is 5.32 Å². The highest BCUT2D eigenvalue weighted by Crippen LogP contribution is 1.94. The van der Waals surface area contributed by atoms with Crippen LogP contribution in [0, 0.1) is 0 Å². The van der Waals surface area contributed by atoms with Gasteiger partial charge >= 0.3 is 0 Å². The summed E-state index contributed by atoms with van der Waals surface area (Å²) in [5, 5.41) is 7.57. The summed E-state index contributed by atoms with van der Waals surface area (Å²) in [7, 11) is 1.71. The van der Waals surface area contributed by atoms with Gasteiger partial charge in [0.25, 0.3) is 0 Å². The van der Waals surface area contributed by atoms with Crippen LogP contribution in [0.4, 0.5) is 0 Å². The van der Waals surface area contributed by atoms with Crippen molar-refractivity contribution in [1.82, 2.24) is 26.6 Å². The van der Waals surface area contributed by atoms with E-state index in [9.17, 15) is 0 Å². The van der Waals surface area contributed by atoms with E-state index >= 15 is 0 Å². The standard InChI is InChI=1S/C10H14N6S2/c1-7(8-5-3-4-6-12-8)13-15-10(18)16-14-9(17)11-2/h3-6H,1-2H3,(H2,11,14,17)(H2,15,16,18)/b13-7+. The van der Waals surface area contributed by atoms with Crippen molar-refractivity contribution in [2.45, 2.75) is 6.92 Å². The topological polar surface area (TPSA) is 73.4 Å². The first-order valence-electron chi connectivity index (χ1n) is 5.13. The maximum Gasteiger partial charge on any atom is 0.205 e. The molecule has 18 heavy (non-hydrogen) atoms. The third-order valence-electron chi connectivity index (χ3n) is 1.88. The van der Waals surface area contributed by atoms with E-state index in [4.69, 9.17) is 24.4 Å². The molecule has 1 aromatic heterocycles. The molecule has 8 heteroatoms. The van der Waals surface area contributed by atoms with Crippen LogP contribution < -0.4 is 21.6 Å². The lowest BCUT2D eigenvalue weighted by Gasteiger charge is -2.10. The SMILES string of the molecule is CNC(=S)NNC(=S)N/N=C(\C)c1ccccn1. The second-order valence-corrected chi connectivity index (χ2v) is 4.00. The van der Waals surface area contributed by atoms with Crippen molar-refractivity contribution in [3.05, 3.63) is 30.1 Å². The molecule has 6 nitrogen and oxygen atoms in total. The highest BCUT2D eigenvalue weighted by Gasteiger charge is 1.98. The molecule has 0 spiro atoms. The van der Waals surface area contributed by atoms with Crippen LogP contribution in [0.25, 0.3) is 0 Å². The minimum absolute atomic E-state index is 0.308. The zero-order valence-electron chi connectivity index (χ0n) is 10.0. The van der Waals surface area contributed by atoms with Gasteiger partial charge in [0.15, 0.2) is 5.11 Å². The third kappa shape index (κ3) is 5.02. The Kier molecular flexibility index (Phi) is 5.95. The molecule has 0 aliphatic rings. The molecule has 0 unspecified atom stereocenters. The van der Waals surface area contributed by atoms with Crippen molar-refractivity contribution in [2.24, 2.45) is 5.10 Å². The zero-order chi connectivity index (χ0) is 13.4. The van der Waals surface area contributed by atoms with E-state index in [-0.39, 0.29) is 0 Å². The van der Waals surface area contributed by atoms with E-state index in [2.05, 4.69) is 31.7 Å². The molecule has 0 fully saturated rings. The average molecular weight is 282 g/mol. The van der Waals surface area contributed by atoms with Gasteiger partial charge in [0.05, 0.1) is 11.4 Å². The Hall–Kier alpha value is -1.80. The van der Waals surface area contributed by atoms with E-state index < -0.39 is 0 Å². The molecular weight excluding hydrogens is 268 g/mol. The van der Waals surface area contributed by atoms with Crippen LogP contribution in [0.5, 0.6) is 0 Å². The maximum atomic E-state index is 4.99. The molecule has 0 amide bonds. The number of nitrogens with one attached hydrogen (secondary N) is 4. The Balaban J connectivity index is 2.44. The average Bonchev–Trinajstić information content (AvgIpc) is 2.42. The van der Waals surface area contributed by atoms with Crippen LogP contribution >= 0.6 is 24.4 Å². The zero-order valence-corrected chi connectivity index (χ0v) is 11.7. The van der Waals surface area contributed by atoms with Crippen LogP contribution in [0.1, 0.15) is 12.6 Å². The minimum atomic E-state index is 0.308. The van der Waals surface area contributed by atoms with Crippen molar-refractivity contribution < 1.29 is 0 Å². The Labute approximate surface area is 116 Å². The lowest BCUT2D eigenvalue weighted by atomic mass is 10.3. The molecule has 0 saturated heterocycles. The van der Waals surface area contributed by atoms with Gasteiger partial charge in [0, 0.05) is 13.2 Å². The van der Waals surface area contributed by atoms with Crippen molar-refractivity contribution in [1.29, 1.82) is 0 Å². The van der Waals surface area contributed by atoms with Gasteiger partial charge in [-0.2, -0.15) is 5.10 Å². The number of hydrogen-bond donors (Lipinski definition) is 4. The number of hydrazone groups is 1. The fraction of sp³-hybridized carbons (Fsp3) is 0.200. The van der Waals surface area contributed by atoms with E-state index in [1.54, 1.807) is 13.2 Å². The van der Waals surface area contributed by atoms with E-state index in [0.29, 0.717) is 10.2 Å². The lowest BCUT2D eigenvalue weighted by Crippen LogP contribution is -2.48. The molecule has 0 bridgehead atoms. The molecule has 1 heterocycles. The van der Waals surface area contributed by atoms with Crippen molar-refractivity contribution >= 4 is 40.4 Å². The summed E-state index contributed by atoms with van der Waals surface area (Å²) >= 11 is 9.86. The fourth-order valence-corrected chi connectivity index (χ4v) is 1.12. The number of hydrazine groups is 1. The molecule has 4 N–H and O–H groups in total. The molecule has 0 atom stereocenters. The lowest BCUT2D eigenvalue weighted by molar-refractivity contribution is 0.813. The highest BCUT2D eigenvalue weighted by molar-refractivity contribution is 7.80. The van der Waals surface area contributed by atoms with Crippen LogP contribution in [-0.4, -0.2) is 28.0 Å². The Morgan fingerprint density at radius 2 is 1.94 bits per heavy atom. The Bertz CT molecular complexity index is 445. The van der Waals surface area contributed by atoms with Gasteiger partial charge in [-0.25, -0.2) is 0 Å². The fourth-order valence-electron chi connectivity index (χ4n) is 0.973. The molecule has 0 radical (unpaired) electrons. The first-order chi connectivity index (χ1) is 8.63. The first-order valence-corrected chi connectivity index (χ1v) is 5.94. The second kappa shape index (κ2) is 7.51. The van der Waals surface area contributed by atoms with Gasteiger partial charge in [-0.1, -0.05) is 6.07 Å². The molecule has 0 aromatic carbocycles. The quantitative estimate of drug-likeness (QED) is 0.353. The van der Waals surface area contributed by atoms with E-state index in [1.807, 2.05) is 25.1 Å². The summed E-state index contributed by atoms with van der Waals surface area (Å²) in [5.74, 6) is 0. The van der Waals surface area contributed by atoms with E-state index in [1.165, 1.54) is 0 Å². The molecule has 1 aromatic rings. The van der Waals surface area contributed by atoms with Gasteiger partial charge in [-0.3, -0.25) is 21.3 Å². The van der Waals surface area contributed by atoms with Crippen LogP contribution in [0.15, 0.2) is 29.5 Å². The number of pyridine rings is 1. The summed E-state index contributed by atoms with van der Waals surface area (Å²) in [4.78, 5) is 4.16. The summed E-state index contributed by atoms with van der Waals surface area (Å²) in [6, 6.07) is 5.61. The Morgan fingerprint density at radius 3 is 2.56 bits per heavy atom. The number of hydrogen-bond acceptors (Lipinski definition) is 4. The van der Waals surface area contributed by atoms with E-state index in [0.717, 1.165) is 11.4 Å². The molecular formula is C10H14N6S2. The van der Waals surface area contributed by atoms with Gasteiger partial charge in [0.1, 0.15) is 0 Å². The van der Waals surface area contributed by atoms with Crippen LogP contribution in [0.2, 0.25) is 0 Å². The summed E-state index contributed by atoms with van der Waals surface area (Å²) < 4.78 is 0. The van der Waals surface area contributed by atoms with Crippen molar-refractivity contribution in [3.63, 3.8) is 0 Å². The second-order valence-electron chi connectivity index (χ2n) is 3.18. The monoisotopic (exact) mass is 282 g/mol. The predicted octanol–water partition coefficient (Wildman–Crippen LogP) is 0.279. The molecule has 0 aliphatic carbocycles. The van der Waals surface area contributed by atoms with Gasteiger partial charge in [-0.05, 0) is 43.5 Å². The molecule has 0 aliphatic heterocycles. The van der Waals surface area contributed by atoms with Crippen molar-refractivity contribution in [2.75, 3.05) is 7.05 Å². The largest absolute Gasteiger partial charge is 0.364 e. The maximum absolute atomic E-state index is 4.99. The molecule has 96 valence electrons. The summed E-state index contributed by atoms with van der Waals surface area (Å²) in [5.41, 5.74) is 9.55. The predicted molar refractivity (Wildman–Crippen MR) is 80.1 cm³/mol. The number of nitrogens with zero attached hydrogens (tertiary/aromatic N) is 2. The van der Waals surface area contributed by atoms with Gasteiger partial charge in [-0.15, -0.1) is 0 Å². The summed E-state index contributed by atoms with van der Waals surface area (Å²) in [6.07, 6.45) is 1.71. The normalized spacial score (nSPS) is 10.4.